The monoisotopic (exact) mass is 257 g/mol. The van der Waals surface area contributed by atoms with Crippen LogP contribution in [0.3, 0.4) is 0 Å². The number of rotatable bonds is 4. The number of thiazole rings is 1. The molecule has 0 saturated carbocycles. The first-order valence-electron chi connectivity index (χ1n) is 5.26. The molecule has 0 amide bonds. The lowest BCUT2D eigenvalue weighted by molar-refractivity contribution is 0.0374. The van der Waals surface area contributed by atoms with Gasteiger partial charge in [0.15, 0.2) is 0 Å². The lowest BCUT2D eigenvalue weighted by Crippen LogP contribution is -2.41. The van der Waals surface area contributed by atoms with Crippen LogP contribution >= 0.6 is 23.6 Å². The molecule has 4 nitrogen and oxygen atoms in total. The molecule has 2 heterocycles. The van der Waals surface area contributed by atoms with Crippen LogP contribution < -0.4 is 5.73 Å². The molecule has 0 aromatic carbocycles. The van der Waals surface area contributed by atoms with Gasteiger partial charge in [-0.2, -0.15) is 0 Å². The summed E-state index contributed by atoms with van der Waals surface area (Å²) in [5, 5.41) is 2.97. The molecule has 1 aliphatic heterocycles. The van der Waals surface area contributed by atoms with E-state index in [1.54, 1.807) is 17.5 Å². The smallest absolute Gasteiger partial charge is 0.104 e. The van der Waals surface area contributed by atoms with Crippen molar-refractivity contribution in [2.24, 2.45) is 5.73 Å². The van der Waals surface area contributed by atoms with Gasteiger partial charge in [0.25, 0.3) is 0 Å². The molecule has 0 aliphatic carbocycles. The SMILES string of the molecule is NC(=S)C(CN1CCOCC1)c1nccs1. The van der Waals surface area contributed by atoms with E-state index in [-0.39, 0.29) is 5.92 Å². The molecule has 6 heteroatoms. The maximum Gasteiger partial charge on any atom is 0.104 e. The lowest BCUT2D eigenvalue weighted by Gasteiger charge is -2.29. The standard InChI is InChI=1S/C10H15N3OS2/c11-9(15)8(10-12-1-6-16-10)7-13-2-4-14-5-3-13/h1,6,8H,2-5,7H2,(H2,11,15). The zero-order valence-corrected chi connectivity index (χ0v) is 10.6. The average molecular weight is 257 g/mol. The molecule has 88 valence electrons. The van der Waals surface area contributed by atoms with Crippen molar-refractivity contribution in [3.63, 3.8) is 0 Å². The Kier molecular flexibility index (Phi) is 4.22. The highest BCUT2D eigenvalue weighted by Crippen LogP contribution is 2.20. The fourth-order valence-corrected chi connectivity index (χ4v) is 2.75. The van der Waals surface area contributed by atoms with Gasteiger partial charge in [-0.05, 0) is 0 Å². The second kappa shape index (κ2) is 5.67. The van der Waals surface area contributed by atoms with Gasteiger partial charge in [-0.3, -0.25) is 4.90 Å². The van der Waals surface area contributed by atoms with Crippen molar-refractivity contribution < 1.29 is 4.74 Å². The van der Waals surface area contributed by atoms with Crippen LogP contribution in [0, 0.1) is 0 Å². The highest BCUT2D eigenvalue weighted by molar-refractivity contribution is 7.80. The van der Waals surface area contributed by atoms with E-state index in [1.807, 2.05) is 5.38 Å². The van der Waals surface area contributed by atoms with Gasteiger partial charge in [-0.25, -0.2) is 4.98 Å². The summed E-state index contributed by atoms with van der Waals surface area (Å²) in [6.07, 6.45) is 1.80. The second-order valence-electron chi connectivity index (χ2n) is 3.74. The van der Waals surface area contributed by atoms with Gasteiger partial charge in [0.05, 0.1) is 24.1 Å². The van der Waals surface area contributed by atoms with Gasteiger partial charge >= 0.3 is 0 Å². The van der Waals surface area contributed by atoms with E-state index < -0.39 is 0 Å². The van der Waals surface area contributed by atoms with Crippen LogP contribution in [-0.4, -0.2) is 47.7 Å². The Morgan fingerprint density at radius 1 is 1.62 bits per heavy atom. The summed E-state index contributed by atoms with van der Waals surface area (Å²) in [6.45, 7) is 4.34. The summed E-state index contributed by atoms with van der Waals surface area (Å²) in [5.74, 6) is 0.0769. The lowest BCUT2D eigenvalue weighted by atomic mass is 10.1. The van der Waals surface area contributed by atoms with Crippen LogP contribution in [0.15, 0.2) is 11.6 Å². The number of aromatic nitrogens is 1. The summed E-state index contributed by atoms with van der Waals surface area (Å²) >= 11 is 6.73. The van der Waals surface area contributed by atoms with Crippen LogP contribution in [0.25, 0.3) is 0 Å². The summed E-state index contributed by atoms with van der Waals surface area (Å²) in [7, 11) is 0. The number of hydrogen-bond acceptors (Lipinski definition) is 5. The third kappa shape index (κ3) is 2.98. The maximum absolute atomic E-state index is 5.79. The molecular weight excluding hydrogens is 242 g/mol. The molecule has 1 fully saturated rings. The zero-order valence-electron chi connectivity index (χ0n) is 8.96. The average Bonchev–Trinajstić information content (AvgIpc) is 2.80. The van der Waals surface area contributed by atoms with E-state index in [0.717, 1.165) is 37.9 Å². The van der Waals surface area contributed by atoms with Gasteiger partial charge < -0.3 is 10.5 Å². The highest BCUT2D eigenvalue weighted by Gasteiger charge is 2.22. The molecule has 1 aromatic heterocycles. The Hall–Kier alpha value is -0.560. The predicted octanol–water partition coefficient (Wildman–Crippen LogP) is 0.845. The Labute approximate surface area is 104 Å². The van der Waals surface area contributed by atoms with E-state index in [0.29, 0.717) is 4.99 Å². The van der Waals surface area contributed by atoms with Crippen molar-refractivity contribution in [2.75, 3.05) is 32.8 Å². The number of hydrogen-bond donors (Lipinski definition) is 1. The summed E-state index contributed by atoms with van der Waals surface area (Å²) in [6, 6.07) is 0. The fraction of sp³-hybridized carbons (Fsp3) is 0.600. The number of thiocarbonyl (C=S) groups is 1. The van der Waals surface area contributed by atoms with Gasteiger partial charge in [0, 0.05) is 31.2 Å². The van der Waals surface area contributed by atoms with E-state index >= 15 is 0 Å². The van der Waals surface area contributed by atoms with Crippen molar-refractivity contribution >= 4 is 28.5 Å². The molecular formula is C10H15N3OS2. The minimum Gasteiger partial charge on any atom is -0.393 e. The van der Waals surface area contributed by atoms with Gasteiger partial charge in [0.2, 0.25) is 0 Å². The molecule has 1 aromatic rings. The van der Waals surface area contributed by atoms with Crippen molar-refractivity contribution in [1.82, 2.24) is 9.88 Å². The Morgan fingerprint density at radius 2 is 2.38 bits per heavy atom. The van der Waals surface area contributed by atoms with E-state index in [9.17, 15) is 0 Å². The number of morpholine rings is 1. The third-order valence-corrected chi connectivity index (χ3v) is 3.81. The maximum atomic E-state index is 5.79. The third-order valence-electron chi connectivity index (χ3n) is 2.64. The van der Waals surface area contributed by atoms with Crippen LogP contribution in [0.2, 0.25) is 0 Å². The van der Waals surface area contributed by atoms with Crippen LogP contribution in [-0.2, 0) is 4.74 Å². The molecule has 2 N–H and O–H groups in total. The first-order chi connectivity index (χ1) is 7.77. The number of nitrogens with two attached hydrogens (primary N) is 1. The molecule has 1 aliphatic rings. The van der Waals surface area contributed by atoms with Crippen LogP contribution in [0.4, 0.5) is 0 Å². The van der Waals surface area contributed by atoms with Crippen molar-refractivity contribution in [3.05, 3.63) is 16.6 Å². The van der Waals surface area contributed by atoms with Crippen molar-refractivity contribution in [1.29, 1.82) is 0 Å². The number of nitrogens with zero attached hydrogens (tertiary/aromatic N) is 2. The normalized spacial score (nSPS) is 19.5. The van der Waals surface area contributed by atoms with Crippen molar-refractivity contribution in [3.8, 4) is 0 Å². The van der Waals surface area contributed by atoms with E-state index in [1.165, 1.54) is 0 Å². The molecule has 16 heavy (non-hydrogen) atoms. The van der Waals surface area contributed by atoms with Crippen LogP contribution in [0.1, 0.15) is 10.9 Å². The first-order valence-corrected chi connectivity index (χ1v) is 6.55. The Bertz CT molecular complexity index is 336. The van der Waals surface area contributed by atoms with E-state index in [2.05, 4.69) is 9.88 Å². The summed E-state index contributed by atoms with van der Waals surface area (Å²) in [5.41, 5.74) is 5.79. The van der Waals surface area contributed by atoms with Crippen LogP contribution in [0.5, 0.6) is 0 Å². The highest BCUT2D eigenvalue weighted by atomic mass is 32.1. The minimum atomic E-state index is 0.0769. The Morgan fingerprint density at radius 3 is 2.94 bits per heavy atom. The molecule has 2 rings (SSSR count). The van der Waals surface area contributed by atoms with Gasteiger partial charge in [-0.1, -0.05) is 12.2 Å². The van der Waals surface area contributed by atoms with Crippen molar-refractivity contribution in [2.45, 2.75) is 5.92 Å². The summed E-state index contributed by atoms with van der Waals surface area (Å²) in [4.78, 5) is 7.15. The zero-order chi connectivity index (χ0) is 11.4. The molecule has 1 saturated heterocycles. The minimum absolute atomic E-state index is 0.0769. The number of ether oxygens (including phenoxy) is 1. The predicted molar refractivity (Wildman–Crippen MR) is 68.9 cm³/mol. The molecule has 1 atom stereocenters. The first kappa shape index (κ1) is 11.9. The van der Waals surface area contributed by atoms with E-state index in [4.69, 9.17) is 22.7 Å². The van der Waals surface area contributed by atoms with Gasteiger partial charge in [0.1, 0.15) is 5.01 Å². The largest absolute Gasteiger partial charge is 0.393 e. The molecule has 0 bridgehead atoms. The molecule has 0 spiro atoms. The Balaban J connectivity index is 2.00. The van der Waals surface area contributed by atoms with Gasteiger partial charge in [-0.15, -0.1) is 11.3 Å². The quantitative estimate of drug-likeness (QED) is 0.810. The fourth-order valence-electron chi connectivity index (χ4n) is 1.74. The topological polar surface area (TPSA) is 51.4 Å². The summed E-state index contributed by atoms with van der Waals surface area (Å²) < 4.78 is 5.31. The molecule has 1 unspecified atom stereocenters. The molecule has 0 radical (unpaired) electrons. The second-order valence-corrected chi connectivity index (χ2v) is 5.14.